The summed E-state index contributed by atoms with van der Waals surface area (Å²) in [6, 6.07) is 13.8. The number of carbonyl (C=O) groups excluding carboxylic acids is 1. The molecule has 0 aliphatic heterocycles. The molecule has 0 fully saturated rings. The Balaban J connectivity index is 1.22. The largest absolute Gasteiger partial charge is 0.486 e. The van der Waals surface area contributed by atoms with Crippen molar-refractivity contribution in [3.05, 3.63) is 71.2 Å². The van der Waals surface area contributed by atoms with Crippen molar-refractivity contribution in [2.75, 3.05) is 5.32 Å². The molecule has 0 atom stereocenters. The number of benzene rings is 2. The molecule has 32 heavy (non-hydrogen) atoms. The zero-order valence-electron chi connectivity index (χ0n) is 16.8. The number of halogens is 2. The van der Waals surface area contributed by atoms with Crippen LogP contribution in [0.4, 0.5) is 13.9 Å². The first kappa shape index (κ1) is 20.4. The molecule has 2 aromatic carbocycles. The van der Waals surface area contributed by atoms with Crippen LogP contribution in [0, 0.1) is 0 Å². The predicted octanol–water partition coefficient (Wildman–Crippen LogP) is 5.81. The number of aryl methyl sites for hydroxylation is 2. The number of carbonyl (C=O) groups is 1. The number of hydrogen-bond donors (Lipinski definition) is 1. The number of ether oxygens (including phenoxy) is 2. The minimum Gasteiger partial charge on any atom is -0.486 e. The first-order valence-electron chi connectivity index (χ1n) is 10.0. The lowest BCUT2D eigenvalue weighted by Gasteiger charge is -2.06. The van der Waals surface area contributed by atoms with Crippen molar-refractivity contribution in [3.8, 4) is 11.5 Å². The van der Waals surface area contributed by atoms with E-state index in [1.807, 2.05) is 6.07 Å². The van der Waals surface area contributed by atoms with Crippen LogP contribution in [0.2, 0.25) is 0 Å². The summed E-state index contributed by atoms with van der Waals surface area (Å²) in [4.78, 5) is 16.8. The number of thiazole rings is 1. The Kier molecular flexibility index (Phi) is 5.48. The monoisotopic (exact) mass is 456 g/mol. The smallest absolute Gasteiger partial charge is 0.387 e. The molecule has 2 aromatic heterocycles. The average Bonchev–Trinajstić information content (AvgIpc) is 3.50. The molecule has 164 valence electrons. The van der Waals surface area contributed by atoms with Gasteiger partial charge < -0.3 is 13.9 Å². The minimum atomic E-state index is -2.90. The first-order chi connectivity index (χ1) is 15.5. The summed E-state index contributed by atoms with van der Waals surface area (Å²) in [5, 5.41) is 2.99. The van der Waals surface area contributed by atoms with Crippen LogP contribution in [0.25, 0.3) is 10.2 Å². The van der Waals surface area contributed by atoms with Crippen molar-refractivity contribution in [3.63, 3.8) is 0 Å². The molecule has 0 saturated heterocycles. The van der Waals surface area contributed by atoms with Gasteiger partial charge in [-0.05, 0) is 72.9 Å². The van der Waals surface area contributed by atoms with Gasteiger partial charge in [-0.3, -0.25) is 10.1 Å². The molecule has 0 unspecified atom stereocenters. The summed E-state index contributed by atoms with van der Waals surface area (Å²) in [6.45, 7) is -2.69. The lowest BCUT2D eigenvalue weighted by molar-refractivity contribution is -0.0497. The van der Waals surface area contributed by atoms with E-state index in [9.17, 15) is 13.6 Å². The fourth-order valence-corrected chi connectivity index (χ4v) is 4.55. The number of furan rings is 1. The minimum absolute atomic E-state index is 0.0353. The van der Waals surface area contributed by atoms with E-state index < -0.39 is 12.5 Å². The topological polar surface area (TPSA) is 73.6 Å². The van der Waals surface area contributed by atoms with Crippen LogP contribution in [0.1, 0.15) is 33.9 Å². The normalized spacial score (nSPS) is 12.8. The van der Waals surface area contributed by atoms with E-state index in [-0.39, 0.29) is 18.1 Å². The first-order valence-corrected chi connectivity index (χ1v) is 10.9. The maximum Gasteiger partial charge on any atom is 0.387 e. The van der Waals surface area contributed by atoms with E-state index in [0.717, 1.165) is 29.9 Å². The Bertz CT molecular complexity index is 1280. The molecule has 1 N–H and O–H groups in total. The molecule has 4 aromatic rings. The van der Waals surface area contributed by atoms with Crippen molar-refractivity contribution in [1.29, 1.82) is 0 Å². The maximum atomic E-state index is 12.5. The molecule has 5 rings (SSSR count). The molecule has 1 amide bonds. The van der Waals surface area contributed by atoms with E-state index in [2.05, 4.69) is 27.2 Å². The summed E-state index contributed by atoms with van der Waals surface area (Å²) in [5.41, 5.74) is 3.27. The third kappa shape index (κ3) is 4.43. The Morgan fingerprint density at radius 2 is 1.94 bits per heavy atom. The summed E-state index contributed by atoms with van der Waals surface area (Å²) >= 11 is 1.15. The van der Waals surface area contributed by atoms with Crippen molar-refractivity contribution in [2.24, 2.45) is 0 Å². The number of rotatable bonds is 7. The molecule has 2 heterocycles. The number of hydrogen-bond acceptors (Lipinski definition) is 6. The molecule has 0 spiro atoms. The van der Waals surface area contributed by atoms with Gasteiger partial charge in [-0.15, -0.1) is 0 Å². The van der Waals surface area contributed by atoms with Crippen LogP contribution < -0.4 is 14.8 Å². The number of nitrogens with zero attached hydrogens (tertiary/aromatic N) is 1. The number of anilines is 1. The highest BCUT2D eigenvalue weighted by Crippen LogP contribution is 2.30. The Hall–Kier alpha value is -3.46. The molecular weight excluding hydrogens is 438 g/mol. The van der Waals surface area contributed by atoms with Gasteiger partial charge in [0.2, 0.25) is 0 Å². The summed E-state index contributed by atoms with van der Waals surface area (Å²) in [6.07, 6.45) is 3.37. The molecule has 0 saturated carbocycles. The van der Waals surface area contributed by atoms with Gasteiger partial charge in [-0.25, -0.2) is 4.98 Å². The van der Waals surface area contributed by atoms with Gasteiger partial charge in [0, 0.05) is 0 Å². The fourth-order valence-electron chi connectivity index (χ4n) is 3.66. The standard InChI is InChI=1S/C23H18F2N2O4S/c24-22(25)31-16-6-8-18-20(11-16)32-23(26-18)27-21(28)19-9-7-17(30-19)12-29-15-5-4-13-2-1-3-14(13)10-15/h4-11,22H,1-3,12H2,(H,26,27,28). The quantitative estimate of drug-likeness (QED) is 0.380. The van der Waals surface area contributed by atoms with E-state index >= 15 is 0 Å². The zero-order chi connectivity index (χ0) is 22.1. The number of nitrogens with one attached hydrogen (secondary N) is 1. The second kappa shape index (κ2) is 8.58. The lowest BCUT2D eigenvalue weighted by atomic mass is 10.1. The van der Waals surface area contributed by atoms with Crippen molar-refractivity contribution in [2.45, 2.75) is 32.5 Å². The van der Waals surface area contributed by atoms with Crippen molar-refractivity contribution in [1.82, 2.24) is 4.98 Å². The number of aromatic nitrogens is 1. The van der Waals surface area contributed by atoms with E-state index in [4.69, 9.17) is 9.15 Å². The van der Waals surface area contributed by atoms with Gasteiger partial charge in [0.25, 0.3) is 5.91 Å². The second-order valence-electron chi connectivity index (χ2n) is 7.32. The molecular formula is C23H18F2N2O4S. The molecule has 9 heteroatoms. The number of alkyl halides is 2. The van der Waals surface area contributed by atoms with Crippen LogP contribution in [0.15, 0.2) is 52.9 Å². The van der Waals surface area contributed by atoms with Crippen LogP contribution in [0.3, 0.4) is 0 Å². The van der Waals surface area contributed by atoms with Gasteiger partial charge in [-0.2, -0.15) is 8.78 Å². The fraction of sp³-hybridized carbons (Fsp3) is 0.217. The highest BCUT2D eigenvalue weighted by molar-refractivity contribution is 7.22. The molecule has 6 nitrogen and oxygen atoms in total. The third-order valence-corrected chi connectivity index (χ3v) is 6.08. The maximum absolute atomic E-state index is 12.5. The van der Waals surface area contributed by atoms with Crippen LogP contribution in [-0.2, 0) is 19.4 Å². The van der Waals surface area contributed by atoms with E-state index in [1.165, 1.54) is 29.7 Å². The highest BCUT2D eigenvalue weighted by atomic mass is 32.1. The third-order valence-electron chi connectivity index (χ3n) is 5.14. The van der Waals surface area contributed by atoms with Gasteiger partial charge in [0.05, 0.1) is 10.2 Å². The predicted molar refractivity (Wildman–Crippen MR) is 116 cm³/mol. The number of amides is 1. The molecule has 0 bridgehead atoms. The Morgan fingerprint density at radius 1 is 1.09 bits per heavy atom. The lowest BCUT2D eigenvalue weighted by Crippen LogP contribution is -2.10. The SMILES string of the molecule is O=C(Nc1nc2ccc(OC(F)F)cc2s1)c1ccc(COc2ccc3c(c2)CCC3)o1. The molecule has 1 aliphatic rings. The van der Waals surface area contributed by atoms with Crippen LogP contribution in [0.5, 0.6) is 11.5 Å². The van der Waals surface area contributed by atoms with Gasteiger partial charge in [-0.1, -0.05) is 17.4 Å². The van der Waals surface area contributed by atoms with Crippen LogP contribution in [-0.4, -0.2) is 17.5 Å². The summed E-state index contributed by atoms with van der Waals surface area (Å²) < 4.78 is 41.2. The molecule has 0 radical (unpaired) electrons. The Labute approximate surface area is 185 Å². The summed E-state index contributed by atoms with van der Waals surface area (Å²) in [5.74, 6) is 0.995. The molecule has 1 aliphatic carbocycles. The van der Waals surface area contributed by atoms with Gasteiger partial charge >= 0.3 is 6.61 Å². The van der Waals surface area contributed by atoms with E-state index in [0.29, 0.717) is 21.1 Å². The van der Waals surface area contributed by atoms with Crippen molar-refractivity contribution >= 4 is 32.6 Å². The van der Waals surface area contributed by atoms with E-state index in [1.54, 1.807) is 18.2 Å². The number of fused-ring (bicyclic) bond motifs is 2. The van der Waals surface area contributed by atoms with Crippen molar-refractivity contribution < 1.29 is 27.5 Å². The van der Waals surface area contributed by atoms with Gasteiger partial charge in [0.1, 0.15) is 23.9 Å². The highest BCUT2D eigenvalue weighted by Gasteiger charge is 2.16. The van der Waals surface area contributed by atoms with Crippen LogP contribution >= 0.6 is 11.3 Å². The zero-order valence-corrected chi connectivity index (χ0v) is 17.6. The average molecular weight is 456 g/mol. The summed E-state index contributed by atoms with van der Waals surface area (Å²) in [7, 11) is 0. The second-order valence-corrected chi connectivity index (χ2v) is 8.35. The Morgan fingerprint density at radius 3 is 2.81 bits per heavy atom. The van der Waals surface area contributed by atoms with Gasteiger partial charge in [0.15, 0.2) is 10.9 Å².